The average molecular weight is 287 g/mol. The van der Waals surface area contributed by atoms with Crippen molar-refractivity contribution in [3.05, 3.63) is 35.9 Å². The minimum absolute atomic E-state index is 0.164. The lowest BCUT2D eigenvalue weighted by molar-refractivity contribution is -0.139. The Labute approximate surface area is 112 Å². The zero-order valence-electron chi connectivity index (χ0n) is 10.3. The molecule has 0 aliphatic heterocycles. The molecule has 1 rings (SSSR count). The van der Waals surface area contributed by atoms with E-state index in [0.717, 1.165) is 5.56 Å². The van der Waals surface area contributed by atoms with Crippen LogP contribution in [-0.2, 0) is 21.3 Å². The van der Waals surface area contributed by atoms with Gasteiger partial charge in [-0.15, -0.1) is 0 Å². The quantitative estimate of drug-likeness (QED) is 0.476. The molecule has 0 aromatic heterocycles. The summed E-state index contributed by atoms with van der Waals surface area (Å²) in [5, 5.41) is 11.8. The maximum Gasteiger partial charge on any atom is 0.321 e. The summed E-state index contributed by atoms with van der Waals surface area (Å²) < 4.78 is 29.6. The van der Waals surface area contributed by atoms with E-state index < -0.39 is 22.1 Å². The molecule has 1 atom stereocenters. The zero-order chi connectivity index (χ0) is 14.3. The number of benzene rings is 1. The van der Waals surface area contributed by atoms with Gasteiger partial charge in [0.25, 0.3) is 10.1 Å². The van der Waals surface area contributed by atoms with Crippen LogP contribution in [0, 0.1) is 0 Å². The monoisotopic (exact) mass is 287 g/mol. The molecule has 0 radical (unpaired) electrons. The molecule has 0 aliphatic rings. The summed E-state index contributed by atoms with van der Waals surface area (Å²) in [7, 11) is -3.99. The molecule has 0 saturated heterocycles. The van der Waals surface area contributed by atoms with Gasteiger partial charge in [-0.3, -0.25) is 9.35 Å². The third-order valence-electron chi connectivity index (χ3n) is 2.55. The molecular formula is C12H17NO5S. The third-order valence-corrected chi connectivity index (χ3v) is 3.36. The van der Waals surface area contributed by atoms with Gasteiger partial charge in [0.05, 0.1) is 5.75 Å². The molecule has 7 heteroatoms. The predicted octanol–water partition coefficient (Wildman–Crippen LogP) is 0.550. The van der Waals surface area contributed by atoms with Gasteiger partial charge in [-0.25, -0.2) is 0 Å². The van der Waals surface area contributed by atoms with Gasteiger partial charge in [-0.2, -0.15) is 8.42 Å². The minimum atomic E-state index is -3.99. The standard InChI is InChI=1S/C12H17NO5S/c14-12(15)11(9-10-5-2-1-3-6-10)13-7-4-8-19(16,17)18/h1-3,5-6,11,13H,4,7-9H2,(H,14,15)(H,16,17,18)/t11-/m0/s1. The number of carboxylic acid groups (broad SMARTS) is 1. The van der Waals surface area contributed by atoms with Gasteiger partial charge in [-0.1, -0.05) is 30.3 Å². The fraction of sp³-hybridized carbons (Fsp3) is 0.417. The van der Waals surface area contributed by atoms with Crippen LogP contribution >= 0.6 is 0 Å². The lowest BCUT2D eigenvalue weighted by atomic mass is 10.1. The van der Waals surface area contributed by atoms with Crippen LogP contribution in [0.2, 0.25) is 0 Å². The van der Waals surface area contributed by atoms with Crippen LogP contribution in [0.1, 0.15) is 12.0 Å². The molecule has 0 unspecified atom stereocenters. The van der Waals surface area contributed by atoms with E-state index in [-0.39, 0.29) is 18.7 Å². The first-order chi connectivity index (χ1) is 8.88. The first-order valence-electron chi connectivity index (χ1n) is 5.84. The van der Waals surface area contributed by atoms with Crippen molar-refractivity contribution in [2.45, 2.75) is 18.9 Å². The third kappa shape index (κ3) is 6.90. The van der Waals surface area contributed by atoms with Gasteiger partial charge in [0.1, 0.15) is 6.04 Å². The SMILES string of the molecule is O=C(O)[C@H](Cc1ccccc1)NCCCS(=O)(=O)O. The van der Waals surface area contributed by atoms with E-state index in [1.807, 2.05) is 30.3 Å². The van der Waals surface area contributed by atoms with Crippen LogP contribution in [0.5, 0.6) is 0 Å². The summed E-state index contributed by atoms with van der Waals surface area (Å²) in [5.41, 5.74) is 0.886. The Kier molecular flexibility index (Phi) is 5.94. The van der Waals surface area contributed by atoms with Crippen molar-refractivity contribution in [1.29, 1.82) is 0 Å². The molecule has 1 aromatic rings. The highest BCUT2D eigenvalue weighted by Crippen LogP contribution is 2.03. The van der Waals surface area contributed by atoms with Gasteiger partial charge in [0.15, 0.2) is 0 Å². The minimum Gasteiger partial charge on any atom is -0.480 e. The molecule has 0 fully saturated rings. The van der Waals surface area contributed by atoms with E-state index in [9.17, 15) is 13.2 Å². The number of rotatable bonds is 8. The number of aliphatic carboxylic acids is 1. The van der Waals surface area contributed by atoms with E-state index in [2.05, 4.69) is 5.32 Å². The molecule has 0 bridgehead atoms. The molecule has 0 spiro atoms. The molecule has 0 saturated carbocycles. The molecule has 1 aromatic carbocycles. The summed E-state index contributed by atoms with van der Waals surface area (Å²) in [5.74, 6) is -1.37. The summed E-state index contributed by atoms with van der Waals surface area (Å²) in [4.78, 5) is 11.1. The molecule has 0 heterocycles. The Hall–Kier alpha value is -1.44. The van der Waals surface area contributed by atoms with Crippen molar-refractivity contribution in [2.24, 2.45) is 0 Å². The van der Waals surface area contributed by atoms with E-state index in [4.69, 9.17) is 9.66 Å². The fourth-order valence-corrected chi connectivity index (χ4v) is 2.14. The van der Waals surface area contributed by atoms with E-state index in [0.29, 0.717) is 6.42 Å². The smallest absolute Gasteiger partial charge is 0.321 e. The first kappa shape index (κ1) is 15.6. The van der Waals surface area contributed by atoms with Crippen LogP contribution in [0.3, 0.4) is 0 Å². The lowest BCUT2D eigenvalue weighted by Crippen LogP contribution is -2.39. The second-order valence-corrected chi connectivity index (χ2v) is 5.75. The largest absolute Gasteiger partial charge is 0.480 e. The Morgan fingerprint density at radius 1 is 1.26 bits per heavy atom. The van der Waals surface area contributed by atoms with E-state index in [1.54, 1.807) is 0 Å². The van der Waals surface area contributed by atoms with E-state index in [1.165, 1.54) is 0 Å². The molecule has 19 heavy (non-hydrogen) atoms. The number of hydrogen-bond donors (Lipinski definition) is 3. The number of nitrogens with one attached hydrogen (secondary N) is 1. The van der Waals surface area contributed by atoms with Crippen LogP contribution < -0.4 is 5.32 Å². The fourth-order valence-electron chi connectivity index (χ4n) is 1.63. The molecular weight excluding hydrogens is 270 g/mol. The number of hydrogen-bond acceptors (Lipinski definition) is 4. The summed E-state index contributed by atoms with van der Waals surface area (Å²) >= 11 is 0. The Morgan fingerprint density at radius 2 is 1.89 bits per heavy atom. The van der Waals surface area contributed by atoms with Crippen LogP contribution in [0.4, 0.5) is 0 Å². The molecule has 0 amide bonds. The van der Waals surface area contributed by atoms with Crippen LogP contribution in [0.15, 0.2) is 30.3 Å². The van der Waals surface area contributed by atoms with Crippen molar-refractivity contribution in [3.63, 3.8) is 0 Å². The molecule has 0 aliphatic carbocycles. The van der Waals surface area contributed by atoms with Crippen molar-refractivity contribution >= 4 is 16.1 Å². The van der Waals surface area contributed by atoms with E-state index >= 15 is 0 Å². The van der Waals surface area contributed by atoms with Gasteiger partial charge >= 0.3 is 5.97 Å². The van der Waals surface area contributed by atoms with Gasteiger partial charge in [0, 0.05) is 0 Å². The summed E-state index contributed by atoms with van der Waals surface area (Å²) in [6, 6.07) is 8.38. The van der Waals surface area contributed by atoms with Crippen molar-refractivity contribution in [1.82, 2.24) is 5.32 Å². The predicted molar refractivity (Wildman–Crippen MR) is 70.6 cm³/mol. The molecule has 3 N–H and O–H groups in total. The maximum absolute atomic E-state index is 11.1. The summed E-state index contributed by atoms with van der Waals surface area (Å²) in [6.07, 6.45) is 0.486. The molecule has 6 nitrogen and oxygen atoms in total. The van der Waals surface area contributed by atoms with Gasteiger partial charge in [-0.05, 0) is 24.9 Å². The second-order valence-electron chi connectivity index (χ2n) is 4.17. The average Bonchev–Trinajstić information content (AvgIpc) is 2.33. The highest BCUT2D eigenvalue weighted by Gasteiger charge is 2.17. The van der Waals surface area contributed by atoms with Crippen molar-refractivity contribution < 1.29 is 22.9 Å². The highest BCUT2D eigenvalue weighted by atomic mass is 32.2. The van der Waals surface area contributed by atoms with Gasteiger partial charge < -0.3 is 10.4 Å². The Bertz CT molecular complexity index is 500. The normalized spacial score (nSPS) is 13.1. The highest BCUT2D eigenvalue weighted by molar-refractivity contribution is 7.85. The van der Waals surface area contributed by atoms with Crippen molar-refractivity contribution in [3.8, 4) is 0 Å². The first-order valence-corrected chi connectivity index (χ1v) is 7.44. The molecule has 106 valence electrons. The maximum atomic E-state index is 11.1. The van der Waals surface area contributed by atoms with Crippen LogP contribution in [-0.4, -0.2) is 42.4 Å². The Morgan fingerprint density at radius 3 is 2.42 bits per heavy atom. The second kappa shape index (κ2) is 7.22. The van der Waals surface area contributed by atoms with Gasteiger partial charge in [0.2, 0.25) is 0 Å². The summed E-state index contributed by atoms with van der Waals surface area (Å²) in [6.45, 7) is 0.212. The number of carboxylic acids is 1. The Balaban J connectivity index is 2.44. The number of carbonyl (C=O) groups is 1. The zero-order valence-corrected chi connectivity index (χ0v) is 11.1. The van der Waals surface area contributed by atoms with Crippen LogP contribution in [0.25, 0.3) is 0 Å². The van der Waals surface area contributed by atoms with Crippen molar-refractivity contribution in [2.75, 3.05) is 12.3 Å². The topological polar surface area (TPSA) is 104 Å². The lowest BCUT2D eigenvalue weighted by Gasteiger charge is -2.14.